The molecule has 0 spiro atoms. The summed E-state index contributed by atoms with van der Waals surface area (Å²) in [5.74, 6) is 0.525. The lowest BCUT2D eigenvalue weighted by molar-refractivity contribution is 0.189. The summed E-state index contributed by atoms with van der Waals surface area (Å²) in [6.07, 6.45) is 2.71. The van der Waals surface area contributed by atoms with E-state index >= 15 is 0 Å². The molecule has 1 atom stereocenters. The Morgan fingerprint density at radius 2 is 2.12 bits per heavy atom. The zero-order chi connectivity index (χ0) is 17.7. The minimum Gasteiger partial charge on any atom is -0.385 e. The Kier molecular flexibility index (Phi) is 5.97. The minimum absolute atomic E-state index is 0.137. The van der Waals surface area contributed by atoms with Gasteiger partial charge in [-0.1, -0.05) is 0 Å². The van der Waals surface area contributed by atoms with Crippen LogP contribution in [0.25, 0.3) is 0 Å². The lowest BCUT2D eigenvalue weighted by Crippen LogP contribution is -2.31. The first-order valence-corrected chi connectivity index (χ1v) is 8.02. The third-order valence-corrected chi connectivity index (χ3v) is 3.96. The number of urea groups is 1. The summed E-state index contributed by atoms with van der Waals surface area (Å²) in [6.45, 7) is 7.32. The van der Waals surface area contributed by atoms with Crippen LogP contribution < -0.4 is 10.6 Å². The van der Waals surface area contributed by atoms with Crippen molar-refractivity contribution in [2.75, 3.05) is 19.0 Å². The number of carbonyl (C=O) groups is 1. The van der Waals surface area contributed by atoms with E-state index in [0.29, 0.717) is 12.4 Å². The van der Waals surface area contributed by atoms with E-state index in [-0.39, 0.29) is 12.1 Å². The number of hydrogen-bond acceptors (Lipinski definition) is 4. The number of aromatic nitrogens is 4. The van der Waals surface area contributed by atoms with E-state index in [2.05, 4.69) is 20.8 Å². The molecular weight excluding hydrogens is 308 g/mol. The van der Waals surface area contributed by atoms with Crippen molar-refractivity contribution in [2.24, 2.45) is 7.05 Å². The topological polar surface area (TPSA) is 86.0 Å². The van der Waals surface area contributed by atoms with Crippen molar-refractivity contribution < 1.29 is 9.53 Å². The molecule has 2 rings (SSSR count). The molecule has 132 valence electrons. The van der Waals surface area contributed by atoms with Gasteiger partial charge in [0, 0.05) is 50.8 Å². The molecule has 0 aliphatic heterocycles. The molecule has 0 unspecified atom stereocenters. The number of carbonyl (C=O) groups excluding carboxylic acids is 1. The van der Waals surface area contributed by atoms with Gasteiger partial charge in [0.2, 0.25) is 0 Å². The second kappa shape index (κ2) is 7.96. The SMILES string of the molecule is COCCCn1ccc(NC(=O)N[C@H](C)c2c(C)nn(C)c2C)n1. The second-order valence-corrected chi connectivity index (χ2v) is 5.84. The van der Waals surface area contributed by atoms with Crippen LogP contribution in [0.4, 0.5) is 10.6 Å². The number of ether oxygens (including phenoxy) is 1. The van der Waals surface area contributed by atoms with Crippen LogP contribution >= 0.6 is 0 Å². The fourth-order valence-electron chi connectivity index (χ4n) is 2.76. The minimum atomic E-state index is -0.285. The molecule has 0 saturated heterocycles. The summed E-state index contributed by atoms with van der Waals surface area (Å²) in [5.41, 5.74) is 3.01. The van der Waals surface area contributed by atoms with Gasteiger partial charge in [-0.3, -0.25) is 14.7 Å². The van der Waals surface area contributed by atoms with E-state index in [0.717, 1.165) is 29.9 Å². The van der Waals surface area contributed by atoms with Crippen molar-refractivity contribution >= 4 is 11.8 Å². The Labute approximate surface area is 142 Å². The lowest BCUT2D eigenvalue weighted by Gasteiger charge is -2.14. The third kappa shape index (κ3) is 4.35. The molecule has 0 aliphatic rings. The smallest absolute Gasteiger partial charge is 0.320 e. The average molecular weight is 334 g/mol. The molecule has 8 heteroatoms. The van der Waals surface area contributed by atoms with E-state index in [1.807, 2.05) is 38.7 Å². The van der Waals surface area contributed by atoms with Crippen LogP contribution in [0.3, 0.4) is 0 Å². The molecule has 0 fully saturated rings. The maximum Gasteiger partial charge on any atom is 0.320 e. The maximum atomic E-state index is 12.2. The van der Waals surface area contributed by atoms with E-state index in [9.17, 15) is 4.79 Å². The van der Waals surface area contributed by atoms with Gasteiger partial charge < -0.3 is 10.1 Å². The number of rotatable bonds is 7. The van der Waals surface area contributed by atoms with Gasteiger partial charge in [-0.25, -0.2) is 4.79 Å². The summed E-state index contributed by atoms with van der Waals surface area (Å²) in [6, 6.07) is 1.35. The molecule has 2 N–H and O–H groups in total. The Bertz CT molecular complexity index is 691. The molecule has 0 radical (unpaired) electrons. The monoisotopic (exact) mass is 334 g/mol. The molecule has 2 heterocycles. The molecule has 0 aromatic carbocycles. The van der Waals surface area contributed by atoms with Gasteiger partial charge in [-0.05, 0) is 27.2 Å². The second-order valence-electron chi connectivity index (χ2n) is 5.84. The van der Waals surface area contributed by atoms with Gasteiger partial charge in [0.05, 0.1) is 11.7 Å². The Balaban J connectivity index is 1.91. The highest BCUT2D eigenvalue weighted by molar-refractivity contribution is 5.88. The lowest BCUT2D eigenvalue weighted by atomic mass is 10.1. The van der Waals surface area contributed by atoms with E-state index < -0.39 is 0 Å². The molecule has 8 nitrogen and oxygen atoms in total. The van der Waals surface area contributed by atoms with Crippen LogP contribution in [0.15, 0.2) is 12.3 Å². The number of amides is 2. The van der Waals surface area contributed by atoms with Crippen LogP contribution in [-0.4, -0.2) is 39.3 Å². The summed E-state index contributed by atoms with van der Waals surface area (Å²) in [7, 11) is 3.57. The summed E-state index contributed by atoms with van der Waals surface area (Å²) >= 11 is 0. The molecule has 2 aromatic heterocycles. The van der Waals surface area contributed by atoms with Crippen molar-refractivity contribution in [3.05, 3.63) is 29.2 Å². The highest BCUT2D eigenvalue weighted by Crippen LogP contribution is 2.20. The zero-order valence-corrected chi connectivity index (χ0v) is 15.0. The van der Waals surface area contributed by atoms with Gasteiger partial charge in [-0.2, -0.15) is 10.2 Å². The number of methoxy groups -OCH3 is 1. The summed E-state index contributed by atoms with van der Waals surface area (Å²) in [4.78, 5) is 12.2. The Morgan fingerprint density at radius 3 is 2.75 bits per heavy atom. The first-order valence-electron chi connectivity index (χ1n) is 8.02. The van der Waals surface area contributed by atoms with E-state index in [1.54, 1.807) is 17.9 Å². The quantitative estimate of drug-likeness (QED) is 0.760. The van der Waals surface area contributed by atoms with Crippen molar-refractivity contribution in [3.8, 4) is 0 Å². The maximum absolute atomic E-state index is 12.2. The Morgan fingerprint density at radius 1 is 1.38 bits per heavy atom. The molecule has 24 heavy (non-hydrogen) atoms. The predicted octanol–water partition coefficient (Wildman–Crippen LogP) is 2.15. The number of nitrogens with zero attached hydrogens (tertiary/aromatic N) is 4. The largest absolute Gasteiger partial charge is 0.385 e. The number of aryl methyl sites for hydroxylation is 3. The standard InChI is InChI=1S/C16H26N6O2/c1-11(15-12(2)19-21(4)13(15)3)17-16(23)18-14-7-9-22(20-14)8-6-10-24-5/h7,9,11H,6,8,10H2,1-5H3,(H2,17,18,20,23)/t11-/m1/s1. The summed E-state index contributed by atoms with van der Waals surface area (Å²) in [5, 5.41) is 14.4. The fraction of sp³-hybridized carbons (Fsp3) is 0.562. The predicted molar refractivity (Wildman–Crippen MR) is 92.0 cm³/mol. The van der Waals surface area contributed by atoms with Gasteiger partial charge in [0.25, 0.3) is 0 Å². The fourth-order valence-corrected chi connectivity index (χ4v) is 2.76. The van der Waals surface area contributed by atoms with Crippen molar-refractivity contribution in [1.82, 2.24) is 24.9 Å². The highest BCUT2D eigenvalue weighted by atomic mass is 16.5. The van der Waals surface area contributed by atoms with Crippen molar-refractivity contribution in [1.29, 1.82) is 0 Å². The molecule has 2 amide bonds. The molecule has 2 aromatic rings. The van der Waals surface area contributed by atoms with Crippen LogP contribution in [0.2, 0.25) is 0 Å². The van der Waals surface area contributed by atoms with Crippen LogP contribution in [0.5, 0.6) is 0 Å². The van der Waals surface area contributed by atoms with Crippen LogP contribution in [0.1, 0.15) is 36.3 Å². The number of hydrogen-bond donors (Lipinski definition) is 2. The molecular formula is C16H26N6O2. The van der Waals surface area contributed by atoms with Crippen molar-refractivity contribution in [3.63, 3.8) is 0 Å². The van der Waals surface area contributed by atoms with Crippen LogP contribution in [-0.2, 0) is 18.3 Å². The first kappa shape index (κ1) is 18.0. The van der Waals surface area contributed by atoms with Crippen molar-refractivity contribution in [2.45, 2.75) is 39.8 Å². The molecule has 0 aliphatic carbocycles. The highest BCUT2D eigenvalue weighted by Gasteiger charge is 2.18. The van der Waals surface area contributed by atoms with Gasteiger partial charge in [0.1, 0.15) is 0 Å². The van der Waals surface area contributed by atoms with Crippen LogP contribution in [0, 0.1) is 13.8 Å². The number of nitrogens with one attached hydrogen (secondary N) is 2. The zero-order valence-electron chi connectivity index (χ0n) is 15.0. The average Bonchev–Trinajstić information content (AvgIpc) is 3.04. The molecule has 0 bridgehead atoms. The van der Waals surface area contributed by atoms with E-state index in [4.69, 9.17) is 4.74 Å². The van der Waals surface area contributed by atoms with Gasteiger partial charge in [-0.15, -0.1) is 0 Å². The normalized spacial score (nSPS) is 12.2. The first-order chi connectivity index (χ1) is 11.4. The summed E-state index contributed by atoms with van der Waals surface area (Å²) < 4.78 is 8.62. The van der Waals surface area contributed by atoms with Gasteiger partial charge in [0.15, 0.2) is 5.82 Å². The third-order valence-electron chi connectivity index (χ3n) is 3.96. The Hall–Kier alpha value is -2.35. The van der Waals surface area contributed by atoms with E-state index in [1.165, 1.54) is 0 Å². The van der Waals surface area contributed by atoms with Gasteiger partial charge >= 0.3 is 6.03 Å². The number of anilines is 1. The molecule has 0 saturated carbocycles.